The molecular formula is C35H52Cl3NO6S. The molecule has 0 unspecified atom stereocenters. The number of rotatable bonds is 17. The SMILES string of the molecule is C=CC[C@H](C)[C@H](OC(=O)OCC(Cl)(Cl)Cl)[C@@H](C)C(=O)C(C)(C)[C@@H](C)CC(=O)O[C@@H](C/C=C(/C)C=C)/C(C)=C/c1csc(C)n1.CC. The highest BCUT2D eigenvalue weighted by molar-refractivity contribution is 7.09. The predicted molar refractivity (Wildman–Crippen MR) is 193 cm³/mol. The molecule has 0 fully saturated rings. The zero-order valence-corrected chi connectivity index (χ0v) is 32.0. The second-order valence-corrected chi connectivity index (χ2v) is 15.3. The summed E-state index contributed by atoms with van der Waals surface area (Å²) >= 11 is 18.6. The van der Waals surface area contributed by atoms with Crippen molar-refractivity contribution >= 4 is 70.1 Å². The summed E-state index contributed by atoms with van der Waals surface area (Å²) in [5.41, 5.74) is 1.67. The van der Waals surface area contributed by atoms with Crippen molar-refractivity contribution in [3.8, 4) is 0 Å². The molecule has 0 saturated carbocycles. The van der Waals surface area contributed by atoms with Gasteiger partial charge in [-0.05, 0) is 50.7 Å². The van der Waals surface area contributed by atoms with E-state index in [0.717, 1.165) is 21.8 Å². The number of esters is 1. The Balaban J connectivity index is 0.00000991. The van der Waals surface area contributed by atoms with Gasteiger partial charge in [0.1, 0.15) is 24.6 Å². The molecular weight excluding hydrogens is 669 g/mol. The van der Waals surface area contributed by atoms with Crippen molar-refractivity contribution in [3.63, 3.8) is 0 Å². The maximum Gasteiger partial charge on any atom is 0.508 e. The number of aryl methyl sites for hydroxylation is 1. The highest BCUT2D eigenvalue weighted by Crippen LogP contribution is 2.37. The van der Waals surface area contributed by atoms with Gasteiger partial charge in [-0.3, -0.25) is 9.59 Å². The lowest BCUT2D eigenvalue weighted by Gasteiger charge is -2.36. The van der Waals surface area contributed by atoms with E-state index in [1.165, 1.54) is 0 Å². The molecule has 11 heteroatoms. The molecule has 0 N–H and O–H groups in total. The van der Waals surface area contributed by atoms with Crippen molar-refractivity contribution in [2.24, 2.45) is 23.2 Å². The quantitative estimate of drug-likeness (QED) is 0.0684. The molecule has 1 aromatic heterocycles. The molecule has 0 aliphatic heterocycles. The number of allylic oxidation sites excluding steroid dienone is 3. The highest BCUT2D eigenvalue weighted by Gasteiger charge is 2.43. The summed E-state index contributed by atoms with van der Waals surface area (Å²) in [4.78, 5) is 44.0. The van der Waals surface area contributed by atoms with Gasteiger partial charge in [-0.2, -0.15) is 0 Å². The number of thiazole rings is 1. The average molecular weight is 721 g/mol. The van der Waals surface area contributed by atoms with Gasteiger partial charge >= 0.3 is 12.1 Å². The summed E-state index contributed by atoms with van der Waals surface area (Å²) in [6.07, 6.45) is 5.87. The number of Topliss-reactive ketones (excluding diaryl/α,β-unsaturated/α-hetero) is 1. The molecule has 1 aromatic rings. The normalized spacial score (nSPS) is 15.7. The van der Waals surface area contributed by atoms with Crippen molar-refractivity contribution in [3.05, 3.63) is 58.6 Å². The smallest absolute Gasteiger partial charge is 0.457 e. The minimum absolute atomic E-state index is 0.00816. The summed E-state index contributed by atoms with van der Waals surface area (Å²) in [7, 11) is 0. The first-order valence-corrected chi connectivity index (χ1v) is 17.5. The summed E-state index contributed by atoms with van der Waals surface area (Å²) < 4.78 is 14.7. The first-order valence-electron chi connectivity index (χ1n) is 15.5. The Morgan fingerprint density at radius 3 is 2.15 bits per heavy atom. The number of hydrogen-bond acceptors (Lipinski definition) is 8. The molecule has 0 radical (unpaired) electrons. The second kappa shape index (κ2) is 21.0. The van der Waals surface area contributed by atoms with Crippen LogP contribution in [0.5, 0.6) is 0 Å². The Labute approximate surface area is 295 Å². The van der Waals surface area contributed by atoms with Crippen LogP contribution in [0, 0.1) is 30.1 Å². The van der Waals surface area contributed by atoms with E-state index >= 15 is 0 Å². The van der Waals surface area contributed by atoms with E-state index in [0.29, 0.717) is 12.8 Å². The number of nitrogens with zero attached hydrogens (tertiary/aromatic N) is 1. The molecule has 0 aliphatic rings. The van der Waals surface area contributed by atoms with E-state index in [4.69, 9.17) is 49.0 Å². The monoisotopic (exact) mass is 719 g/mol. The first kappa shape index (κ1) is 43.9. The van der Waals surface area contributed by atoms with E-state index in [1.807, 2.05) is 66.0 Å². The van der Waals surface area contributed by atoms with Crippen LogP contribution >= 0.6 is 46.1 Å². The van der Waals surface area contributed by atoms with Crippen molar-refractivity contribution in [2.45, 2.75) is 105 Å². The summed E-state index contributed by atoms with van der Waals surface area (Å²) in [6.45, 7) is 25.8. The number of carbonyl (C=O) groups is 3. The largest absolute Gasteiger partial charge is 0.508 e. The third-order valence-electron chi connectivity index (χ3n) is 7.70. The van der Waals surface area contributed by atoms with Crippen molar-refractivity contribution < 1.29 is 28.6 Å². The zero-order valence-electron chi connectivity index (χ0n) is 29.0. The van der Waals surface area contributed by atoms with Gasteiger partial charge in [-0.1, -0.05) is 114 Å². The molecule has 0 aliphatic carbocycles. The average Bonchev–Trinajstić information content (AvgIpc) is 3.40. The molecule has 1 heterocycles. The zero-order chi connectivity index (χ0) is 35.8. The number of halogens is 3. The van der Waals surface area contributed by atoms with Crippen LogP contribution in [0.2, 0.25) is 0 Å². The number of carbonyl (C=O) groups excluding carboxylic acids is 3. The van der Waals surface area contributed by atoms with E-state index < -0.39 is 52.0 Å². The molecule has 7 nitrogen and oxygen atoms in total. The van der Waals surface area contributed by atoms with Crippen LogP contribution in [0.1, 0.15) is 92.3 Å². The highest BCUT2D eigenvalue weighted by atomic mass is 35.6. The van der Waals surface area contributed by atoms with Gasteiger partial charge in [0.15, 0.2) is 0 Å². The molecule has 0 amide bonds. The van der Waals surface area contributed by atoms with Crippen molar-refractivity contribution in [2.75, 3.05) is 6.61 Å². The maximum absolute atomic E-state index is 13.9. The van der Waals surface area contributed by atoms with Crippen LogP contribution < -0.4 is 0 Å². The Kier molecular flexibility index (Phi) is 20.0. The molecule has 0 bridgehead atoms. The Morgan fingerprint density at radius 2 is 1.65 bits per heavy atom. The predicted octanol–water partition coefficient (Wildman–Crippen LogP) is 10.7. The van der Waals surface area contributed by atoms with Crippen LogP contribution in [-0.4, -0.2) is 45.5 Å². The third-order valence-corrected chi connectivity index (χ3v) is 8.82. The van der Waals surface area contributed by atoms with E-state index in [9.17, 15) is 14.4 Å². The lowest BCUT2D eigenvalue weighted by atomic mass is 9.69. The number of hydrogen-bond donors (Lipinski definition) is 0. The Bertz CT molecular complexity index is 1220. The fourth-order valence-corrected chi connectivity index (χ4v) is 5.29. The van der Waals surface area contributed by atoms with Crippen LogP contribution in [0.25, 0.3) is 6.08 Å². The van der Waals surface area contributed by atoms with Gasteiger partial charge in [-0.15, -0.1) is 17.9 Å². The number of alkyl halides is 3. The molecule has 260 valence electrons. The van der Waals surface area contributed by atoms with E-state index in [1.54, 1.807) is 44.3 Å². The summed E-state index contributed by atoms with van der Waals surface area (Å²) in [5.74, 6) is -1.99. The van der Waals surface area contributed by atoms with Gasteiger partial charge < -0.3 is 14.2 Å². The summed E-state index contributed by atoms with van der Waals surface area (Å²) in [6, 6.07) is 0. The standard InChI is InChI=1S/C33H46Cl3NO6S.C2H6/c1-11-13-21(4)29(43-31(40)41-19-33(34,35)36)24(7)30(39)32(9,10)23(6)17-28(38)42-27(15-14-20(3)12-2)22(5)16-26-18-44-25(8)37-26;1-2/h11-12,14,16,18,21,23-24,27,29H,1-2,13,15,17,19H2,3-10H3;1-2H3/b20-14-,22-16+;/t21-,23-,24+,27-,29-;/m0./s1. The fraction of sp³-hybridized carbons (Fsp3) is 0.600. The molecule has 0 aromatic carbocycles. The Morgan fingerprint density at radius 1 is 1.04 bits per heavy atom. The molecule has 0 saturated heterocycles. The maximum atomic E-state index is 13.9. The van der Waals surface area contributed by atoms with Gasteiger partial charge in [0.2, 0.25) is 3.79 Å². The minimum Gasteiger partial charge on any atom is -0.457 e. The van der Waals surface area contributed by atoms with Crippen LogP contribution in [0.4, 0.5) is 4.79 Å². The van der Waals surface area contributed by atoms with Gasteiger partial charge in [0, 0.05) is 23.6 Å². The van der Waals surface area contributed by atoms with E-state index in [-0.39, 0.29) is 18.1 Å². The van der Waals surface area contributed by atoms with Crippen molar-refractivity contribution in [1.82, 2.24) is 4.98 Å². The van der Waals surface area contributed by atoms with Gasteiger partial charge in [0.05, 0.1) is 16.6 Å². The number of ketones is 1. The lowest BCUT2D eigenvalue weighted by Crippen LogP contribution is -2.44. The summed E-state index contributed by atoms with van der Waals surface area (Å²) in [5, 5.41) is 2.90. The lowest BCUT2D eigenvalue weighted by molar-refractivity contribution is -0.150. The van der Waals surface area contributed by atoms with Gasteiger partial charge in [-0.25, -0.2) is 9.78 Å². The van der Waals surface area contributed by atoms with Crippen molar-refractivity contribution in [1.29, 1.82) is 0 Å². The molecule has 0 spiro atoms. The number of ether oxygens (including phenoxy) is 3. The van der Waals surface area contributed by atoms with Crippen LogP contribution in [-0.2, 0) is 23.8 Å². The second-order valence-electron chi connectivity index (χ2n) is 11.8. The topological polar surface area (TPSA) is 91.8 Å². The first-order chi connectivity index (χ1) is 21.3. The minimum atomic E-state index is -1.80. The molecule has 1 rings (SSSR count). The molecule has 46 heavy (non-hydrogen) atoms. The van der Waals surface area contributed by atoms with Crippen LogP contribution in [0.15, 0.2) is 47.9 Å². The van der Waals surface area contributed by atoms with Crippen LogP contribution in [0.3, 0.4) is 0 Å². The third kappa shape index (κ3) is 15.6. The van der Waals surface area contributed by atoms with E-state index in [2.05, 4.69) is 18.1 Å². The molecule has 5 atom stereocenters. The fourth-order valence-electron chi connectivity index (χ4n) is 4.56. The van der Waals surface area contributed by atoms with Gasteiger partial charge in [0.25, 0.3) is 0 Å². The number of aromatic nitrogens is 1. The Hall–Kier alpha value is -2.13.